The van der Waals surface area contributed by atoms with Gasteiger partial charge in [-0.25, -0.2) is 9.18 Å². The maximum absolute atomic E-state index is 13.0. The molecule has 2 aromatic heterocycles. The molecule has 3 aromatic rings. The van der Waals surface area contributed by atoms with E-state index in [-0.39, 0.29) is 5.69 Å². The number of halogens is 1. The van der Waals surface area contributed by atoms with Gasteiger partial charge in [0.2, 0.25) is 0 Å². The normalized spacial score (nSPS) is 10.4. The van der Waals surface area contributed by atoms with Crippen molar-refractivity contribution >= 4 is 40.2 Å². The van der Waals surface area contributed by atoms with Crippen molar-refractivity contribution in [1.29, 1.82) is 0 Å². The summed E-state index contributed by atoms with van der Waals surface area (Å²) in [5.41, 5.74) is 2.13. The molecule has 0 unspecified atom stereocenters. The Morgan fingerprint density at radius 3 is 2.95 bits per heavy atom. The zero-order valence-corrected chi connectivity index (χ0v) is 10.8. The summed E-state index contributed by atoms with van der Waals surface area (Å²) in [6, 6.07) is 5.96. The zero-order valence-electron chi connectivity index (χ0n) is 10.0. The predicted octanol–water partition coefficient (Wildman–Crippen LogP) is 2.87. The number of urea groups is 1. The number of benzene rings is 1. The second kappa shape index (κ2) is 5.17. The van der Waals surface area contributed by atoms with Crippen LogP contribution in [0, 0.1) is 5.82 Å². The quantitative estimate of drug-likeness (QED) is 0.760. The number of pyridine rings is 1. The van der Waals surface area contributed by atoms with E-state index in [4.69, 9.17) is 0 Å². The first-order valence-corrected chi connectivity index (χ1v) is 6.35. The van der Waals surface area contributed by atoms with Crippen LogP contribution in [0.4, 0.5) is 20.6 Å². The number of hydrogen-bond acceptors (Lipinski definition) is 5. The molecule has 0 saturated carbocycles. The largest absolute Gasteiger partial charge is 0.323 e. The third-order valence-electron chi connectivity index (χ3n) is 2.50. The van der Waals surface area contributed by atoms with Crippen molar-refractivity contribution in [3.63, 3.8) is 0 Å². The highest BCUT2D eigenvalue weighted by atomic mass is 32.1. The van der Waals surface area contributed by atoms with Crippen molar-refractivity contribution in [3.8, 4) is 0 Å². The molecule has 8 heteroatoms. The first kappa shape index (κ1) is 12.4. The molecule has 0 aliphatic heterocycles. The standard InChI is InChI=1S/C12H8FN5OS/c13-7-4-8(6-14-5-7)15-12(19)16-9-2-1-3-10-11(9)18-20-17-10/h1-6H,(H2,15,16,19). The second-order valence-electron chi connectivity index (χ2n) is 3.91. The van der Waals surface area contributed by atoms with Crippen LogP contribution < -0.4 is 10.6 Å². The highest BCUT2D eigenvalue weighted by Crippen LogP contribution is 2.21. The Hall–Kier alpha value is -2.61. The van der Waals surface area contributed by atoms with Crippen LogP contribution in [0.2, 0.25) is 0 Å². The Bertz CT molecular complexity index is 775. The maximum atomic E-state index is 13.0. The van der Waals surface area contributed by atoms with E-state index in [0.29, 0.717) is 16.7 Å². The van der Waals surface area contributed by atoms with Crippen LogP contribution in [-0.4, -0.2) is 19.8 Å². The van der Waals surface area contributed by atoms with Crippen molar-refractivity contribution < 1.29 is 9.18 Å². The van der Waals surface area contributed by atoms with Crippen LogP contribution in [0.1, 0.15) is 0 Å². The maximum Gasteiger partial charge on any atom is 0.323 e. The number of anilines is 2. The number of hydrogen-bond donors (Lipinski definition) is 2. The van der Waals surface area contributed by atoms with Crippen molar-refractivity contribution in [2.24, 2.45) is 0 Å². The fourth-order valence-corrected chi connectivity index (χ4v) is 2.22. The van der Waals surface area contributed by atoms with Gasteiger partial charge in [-0.15, -0.1) is 0 Å². The number of amides is 2. The molecule has 20 heavy (non-hydrogen) atoms. The molecule has 6 nitrogen and oxygen atoms in total. The van der Waals surface area contributed by atoms with Gasteiger partial charge in [0, 0.05) is 6.07 Å². The highest BCUT2D eigenvalue weighted by Gasteiger charge is 2.09. The summed E-state index contributed by atoms with van der Waals surface area (Å²) in [5.74, 6) is -0.520. The van der Waals surface area contributed by atoms with E-state index in [1.807, 2.05) is 0 Å². The minimum Gasteiger partial charge on any atom is -0.306 e. The van der Waals surface area contributed by atoms with Gasteiger partial charge in [0.1, 0.15) is 16.9 Å². The minimum atomic E-state index is -0.520. The number of aromatic nitrogens is 3. The van der Waals surface area contributed by atoms with Crippen molar-refractivity contribution in [1.82, 2.24) is 13.7 Å². The van der Waals surface area contributed by atoms with E-state index in [1.54, 1.807) is 18.2 Å². The molecule has 2 heterocycles. The Morgan fingerprint density at radius 2 is 2.10 bits per heavy atom. The summed E-state index contributed by atoms with van der Waals surface area (Å²) < 4.78 is 21.2. The SMILES string of the molecule is O=C(Nc1cncc(F)c1)Nc1cccc2nsnc12. The molecular formula is C12H8FN5OS. The van der Waals surface area contributed by atoms with Crippen LogP contribution in [-0.2, 0) is 0 Å². The fourth-order valence-electron chi connectivity index (χ4n) is 1.67. The zero-order chi connectivity index (χ0) is 13.9. The summed E-state index contributed by atoms with van der Waals surface area (Å²) in [6.07, 6.45) is 2.42. The topological polar surface area (TPSA) is 79.8 Å². The van der Waals surface area contributed by atoms with Crippen molar-refractivity contribution in [2.75, 3.05) is 10.6 Å². The van der Waals surface area contributed by atoms with Gasteiger partial charge in [0.25, 0.3) is 0 Å². The van der Waals surface area contributed by atoms with Crippen molar-refractivity contribution in [3.05, 3.63) is 42.5 Å². The summed E-state index contributed by atoms with van der Waals surface area (Å²) in [6.45, 7) is 0. The van der Waals surface area contributed by atoms with E-state index >= 15 is 0 Å². The Morgan fingerprint density at radius 1 is 1.20 bits per heavy atom. The summed E-state index contributed by atoms with van der Waals surface area (Å²) in [4.78, 5) is 15.5. The Labute approximate surface area is 117 Å². The molecule has 0 bridgehead atoms. The Balaban J connectivity index is 1.77. The van der Waals surface area contributed by atoms with E-state index < -0.39 is 11.8 Å². The molecule has 0 radical (unpaired) electrons. The number of carbonyl (C=O) groups is 1. The Kier molecular flexibility index (Phi) is 3.21. The molecule has 3 rings (SSSR count). The molecule has 100 valence electrons. The third-order valence-corrected chi connectivity index (χ3v) is 3.04. The molecular weight excluding hydrogens is 281 g/mol. The van der Waals surface area contributed by atoms with Gasteiger partial charge in [0.15, 0.2) is 0 Å². The van der Waals surface area contributed by atoms with Crippen LogP contribution >= 0.6 is 11.7 Å². The summed E-state index contributed by atoms with van der Waals surface area (Å²) in [7, 11) is 0. The molecule has 2 N–H and O–H groups in total. The van der Waals surface area contributed by atoms with Gasteiger partial charge in [-0.05, 0) is 12.1 Å². The molecule has 0 atom stereocenters. The lowest BCUT2D eigenvalue weighted by atomic mass is 10.2. The predicted molar refractivity (Wildman–Crippen MR) is 74.3 cm³/mol. The second-order valence-corrected chi connectivity index (χ2v) is 4.44. The lowest BCUT2D eigenvalue weighted by molar-refractivity contribution is 0.262. The van der Waals surface area contributed by atoms with Gasteiger partial charge < -0.3 is 10.6 Å². The number of nitrogens with one attached hydrogen (secondary N) is 2. The van der Waals surface area contributed by atoms with E-state index in [1.165, 1.54) is 12.3 Å². The van der Waals surface area contributed by atoms with Crippen LogP contribution in [0.25, 0.3) is 11.0 Å². The summed E-state index contributed by atoms with van der Waals surface area (Å²) >= 11 is 1.07. The molecule has 2 amide bonds. The van der Waals surface area contributed by atoms with Gasteiger partial charge in [0.05, 0.1) is 35.5 Å². The highest BCUT2D eigenvalue weighted by molar-refractivity contribution is 7.00. The number of nitrogens with zero attached hydrogens (tertiary/aromatic N) is 3. The molecule has 0 saturated heterocycles. The monoisotopic (exact) mass is 289 g/mol. The summed E-state index contributed by atoms with van der Waals surface area (Å²) in [5, 5.41) is 5.13. The van der Waals surface area contributed by atoms with Gasteiger partial charge in [-0.2, -0.15) is 8.75 Å². The van der Waals surface area contributed by atoms with Gasteiger partial charge >= 0.3 is 6.03 Å². The minimum absolute atomic E-state index is 0.270. The smallest absolute Gasteiger partial charge is 0.306 e. The molecule has 1 aromatic carbocycles. The average Bonchev–Trinajstić information content (AvgIpc) is 2.88. The molecule has 0 spiro atoms. The first-order valence-electron chi connectivity index (χ1n) is 5.62. The molecule has 0 aliphatic carbocycles. The van der Waals surface area contributed by atoms with Crippen molar-refractivity contribution in [2.45, 2.75) is 0 Å². The van der Waals surface area contributed by atoms with Gasteiger partial charge in [-0.1, -0.05) is 6.07 Å². The fraction of sp³-hybridized carbons (Fsp3) is 0. The molecule has 0 fully saturated rings. The number of fused-ring (bicyclic) bond motifs is 1. The third kappa shape index (κ3) is 2.54. The number of rotatable bonds is 2. The van der Waals surface area contributed by atoms with E-state index in [9.17, 15) is 9.18 Å². The van der Waals surface area contributed by atoms with Crippen LogP contribution in [0.15, 0.2) is 36.7 Å². The first-order chi connectivity index (χ1) is 9.72. The number of carbonyl (C=O) groups excluding carboxylic acids is 1. The van der Waals surface area contributed by atoms with Crippen LogP contribution in [0.5, 0.6) is 0 Å². The molecule has 0 aliphatic rings. The van der Waals surface area contributed by atoms with E-state index in [0.717, 1.165) is 17.9 Å². The van der Waals surface area contributed by atoms with Gasteiger partial charge in [-0.3, -0.25) is 4.98 Å². The lowest BCUT2D eigenvalue weighted by Crippen LogP contribution is -2.19. The average molecular weight is 289 g/mol. The van der Waals surface area contributed by atoms with E-state index in [2.05, 4.69) is 24.4 Å². The van der Waals surface area contributed by atoms with Crippen LogP contribution in [0.3, 0.4) is 0 Å². The lowest BCUT2D eigenvalue weighted by Gasteiger charge is -2.07.